The molecule has 0 amide bonds. The highest BCUT2D eigenvalue weighted by Gasteiger charge is 2.15. The van der Waals surface area contributed by atoms with Gasteiger partial charge in [-0.1, -0.05) is 263 Å². The minimum Gasteiger partial charge on any atom is -0.309 e. The van der Waals surface area contributed by atoms with Crippen LogP contribution in [-0.4, -0.2) is 10.3 Å². The van der Waals surface area contributed by atoms with Crippen molar-refractivity contribution in [3.63, 3.8) is 0 Å². The number of nitrogens with zero attached hydrogens (tertiary/aromatic N) is 2. The van der Waals surface area contributed by atoms with Gasteiger partial charge in [-0.3, -0.25) is 4.99 Å². The van der Waals surface area contributed by atoms with Crippen LogP contribution in [0.15, 0.2) is 267 Å². The summed E-state index contributed by atoms with van der Waals surface area (Å²) in [5, 5.41) is 2.54. The van der Waals surface area contributed by atoms with E-state index in [1.54, 1.807) is 0 Å². The highest BCUT2D eigenvalue weighted by atomic mass is 15.0. The lowest BCUT2D eigenvalue weighted by Crippen LogP contribution is -1.95. The summed E-state index contributed by atoms with van der Waals surface area (Å²) >= 11 is 0. The zero-order chi connectivity index (χ0) is 52.0. The topological polar surface area (TPSA) is 17.3 Å². The minimum absolute atomic E-state index is 0.801. The van der Waals surface area contributed by atoms with Crippen molar-refractivity contribution >= 4 is 38.8 Å². The normalized spacial score (nSPS) is 10.8. The average Bonchev–Trinajstić information content (AvgIpc) is 3.79. The molecule has 1 heterocycles. The molecule has 0 N–H and O–H groups in total. The van der Waals surface area contributed by atoms with Crippen LogP contribution in [0.3, 0.4) is 0 Å². The van der Waals surface area contributed by atoms with Gasteiger partial charge in [-0.25, -0.2) is 0 Å². The molecule has 74 heavy (non-hydrogen) atoms. The molecule has 0 radical (unpaired) electrons. The van der Waals surface area contributed by atoms with Crippen molar-refractivity contribution in [3.05, 3.63) is 295 Å². The monoisotopic (exact) mass is 959 g/mol. The minimum atomic E-state index is 0.801. The molecule has 0 spiro atoms. The third kappa shape index (κ3) is 12.2. The Labute approximate surface area is 440 Å². The summed E-state index contributed by atoms with van der Waals surface area (Å²) in [6, 6.07) is 88.1. The predicted octanol–water partition coefficient (Wildman–Crippen LogP) is 20.3. The van der Waals surface area contributed by atoms with Crippen molar-refractivity contribution in [3.8, 4) is 50.2 Å². The van der Waals surface area contributed by atoms with Gasteiger partial charge >= 0.3 is 0 Å². The summed E-state index contributed by atoms with van der Waals surface area (Å²) in [6.45, 7) is 22.4. The van der Waals surface area contributed by atoms with Crippen LogP contribution in [0.1, 0.15) is 61.1 Å². The van der Waals surface area contributed by atoms with Crippen LogP contribution in [-0.2, 0) is 0 Å². The van der Waals surface area contributed by atoms with E-state index < -0.39 is 0 Å². The first-order chi connectivity index (χ1) is 36.1. The second-order valence-electron chi connectivity index (χ2n) is 18.4. The molecule has 1 aromatic heterocycles. The summed E-state index contributed by atoms with van der Waals surface area (Å²) in [5.41, 5.74) is 23.7. The molecule has 0 aliphatic carbocycles. The first-order valence-electron chi connectivity index (χ1n) is 25.7. The van der Waals surface area contributed by atoms with Gasteiger partial charge in [-0.15, -0.1) is 0 Å². The molecule has 0 fully saturated rings. The Bertz CT molecular complexity index is 3670. The maximum Gasteiger partial charge on any atom is 0.0633 e. The highest BCUT2D eigenvalue weighted by molar-refractivity contribution is 6.10. The largest absolute Gasteiger partial charge is 0.309 e. The molecule has 0 saturated heterocycles. The summed E-state index contributed by atoms with van der Waals surface area (Å²) < 4.78 is 2.41. The van der Waals surface area contributed by atoms with Gasteiger partial charge in [0, 0.05) is 22.2 Å². The molecule has 2 nitrogen and oxygen atoms in total. The van der Waals surface area contributed by atoms with Crippen molar-refractivity contribution in [1.29, 1.82) is 0 Å². The first kappa shape index (κ1) is 51.5. The summed E-state index contributed by atoms with van der Waals surface area (Å²) in [4.78, 5) is 4.58. The van der Waals surface area contributed by atoms with Gasteiger partial charge in [-0.05, 0) is 131 Å². The second kappa shape index (κ2) is 24.5. The van der Waals surface area contributed by atoms with E-state index in [0.717, 1.165) is 33.8 Å². The lowest BCUT2D eigenvalue weighted by Gasteiger charge is -2.13. The van der Waals surface area contributed by atoms with E-state index in [9.17, 15) is 0 Å². The number of aliphatic imine (C=N–C) groups is 1. The van der Waals surface area contributed by atoms with E-state index in [1.807, 2.05) is 76.2 Å². The molecule has 0 aliphatic rings. The van der Waals surface area contributed by atoms with E-state index in [0.29, 0.717) is 0 Å². The molecule has 0 bridgehead atoms. The molecule has 0 atom stereocenters. The molecule has 11 rings (SSSR count). The number of allylic oxidation sites excluding steroid dienone is 1. The van der Waals surface area contributed by atoms with E-state index in [2.05, 4.69) is 244 Å². The third-order valence-corrected chi connectivity index (χ3v) is 13.2. The number of rotatable bonds is 9. The summed E-state index contributed by atoms with van der Waals surface area (Å²) in [7, 11) is 0. The lowest BCUT2D eigenvalue weighted by molar-refractivity contribution is 1.18. The Kier molecular flexibility index (Phi) is 17.1. The van der Waals surface area contributed by atoms with E-state index in [1.165, 1.54) is 88.6 Å². The number of aryl methyl sites for hydroxylation is 3. The predicted molar refractivity (Wildman–Crippen MR) is 323 cm³/mol. The zero-order valence-electron chi connectivity index (χ0n) is 44.0. The molecule has 0 aliphatic heterocycles. The molecule has 11 aromatic rings. The Morgan fingerprint density at radius 1 is 0.365 bits per heavy atom. The Hall–Kier alpha value is -8.85. The number of aromatic nitrogens is 1. The van der Waals surface area contributed by atoms with Gasteiger partial charge in [0.05, 0.1) is 16.7 Å². The van der Waals surface area contributed by atoms with Crippen LogP contribution >= 0.6 is 0 Å². The van der Waals surface area contributed by atoms with E-state index >= 15 is 0 Å². The lowest BCUT2D eigenvalue weighted by atomic mass is 9.93. The standard InChI is InChI=1S/C44H33N.C17H17N.C9H10.C2H6/c1-30-10-6-7-13-39(30)40-26-22-36(28-31(40)2)37-23-27-42-41-14-8-9-15-43(41)45(44(42)29-37)38-24-20-35(21-25-38)34-18-16-33(17-19-34)32-11-4-3-5-12-32;1-13-8-7-11-17(12-13)15(3)18-14(2)16-9-5-4-6-10-16;1-8(2)9-6-4-3-5-7-9;1-2/h3-29H,1-2H3;4-12H,2H2,1,3H3;3-7H,1H2,2H3;1-2H3. The zero-order valence-corrected chi connectivity index (χ0v) is 44.0. The fourth-order valence-electron chi connectivity index (χ4n) is 9.29. The molecule has 2 heteroatoms. The maximum absolute atomic E-state index is 4.58. The fourth-order valence-corrected chi connectivity index (χ4v) is 9.29. The molecule has 364 valence electrons. The molecular formula is C72H66N2. The van der Waals surface area contributed by atoms with Crippen molar-refractivity contribution in [2.45, 2.75) is 48.5 Å². The van der Waals surface area contributed by atoms with Crippen molar-refractivity contribution in [2.24, 2.45) is 4.99 Å². The van der Waals surface area contributed by atoms with Crippen LogP contribution in [0.4, 0.5) is 0 Å². The van der Waals surface area contributed by atoms with Crippen molar-refractivity contribution in [2.75, 3.05) is 0 Å². The Morgan fingerprint density at radius 2 is 0.838 bits per heavy atom. The van der Waals surface area contributed by atoms with Crippen LogP contribution in [0, 0.1) is 20.8 Å². The van der Waals surface area contributed by atoms with Crippen LogP contribution in [0.2, 0.25) is 0 Å². The Balaban J connectivity index is 0.000000206. The number of fused-ring (bicyclic) bond motifs is 3. The highest BCUT2D eigenvalue weighted by Crippen LogP contribution is 2.37. The van der Waals surface area contributed by atoms with E-state index in [4.69, 9.17) is 0 Å². The molecular weight excluding hydrogens is 893 g/mol. The quantitative estimate of drug-likeness (QED) is 0.128. The average molecular weight is 959 g/mol. The molecule has 0 unspecified atom stereocenters. The van der Waals surface area contributed by atoms with Crippen LogP contribution < -0.4 is 0 Å². The maximum atomic E-state index is 4.58. The summed E-state index contributed by atoms with van der Waals surface area (Å²) in [6.07, 6.45) is 0. The molecule has 0 saturated carbocycles. The third-order valence-electron chi connectivity index (χ3n) is 13.2. The van der Waals surface area contributed by atoms with Crippen LogP contribution in [0.5, 0.6) is 0 Å². The SMILES string of the molecule is C=C(C)c1ccccc1.C=C(N=C(C)c1cccc(C)c1)c1ccccc1.CC.Cc1ccccc1-c1ccc(-c2ccc3c4ccccc4n(-c4ccc(-c5ccc(-c6ccccc6)cc5)cc4)c3c2)cc1C. The number of para-hydroxylation sites is 1. The van der Waals surface area contributed by atoms with E-state index in [-0.39, 0.29) is 0 Å². The van der Waals surface area contributed by atoms with Gasteiger partial charge in [0.25, 0.3) is 0 Å². The van der Waals surface area contributed by atoms with Crippen molar-refractivity contribution < 1.29 is 0 Å². The smallest absolute Gasteiger partial charge is 0.0633 e. The van der Waals surface area contributed by atoms with Gasteiger partial charge in [-0.2, -0.15) is 0 Å². The van der Waals surface area contributed by atoms with Crippen LogP contribution in [0.25, 0.3) is 83.3 Å². The number of hydrogen-bond donors (Lipinski definition) is 0. The second-order valence-corrected chi connectivity index (χ2v) is 18.4. The first-order valence-corrected chi connectivity index (χ1v) is 25.7. The Morgan fingerprint density at radius 3 is 1.43 bits per heavy atom. The van der Waals surface area contributed by atoms with Gasteiger partial charge < -0.3 is 4.57 Å². The van der Waals surface area contributed by atoms with Crippen molar-refractivity contribution in [1.82, 2.24) is 4.57 Å². The number of hydrogen-bond acceptors (Lipinski definition) is 1. The fraction of sp³-hybridized carbons (Fsp3) is 0.0972. The molecule has 10 aromatic carbocycles. The van der Waals surface area contributed by atoms with Gasteiger partial charge in [0.15, 0.2) is 0 Å². The van der Waals surface area contributed by atoms with Gasteiger partial charge in [0.1, 0.15) is 0 Å². The number of benzene rings is 10. The van der Waals surface area contributed by atoms with Gasteiger partial charge in [0.2, 0.25) is 0 Å². The summed E-state index contributed by atoms with van der Waals surface area (Å²) in [5.74, 6) is 0.